The summed E-state index contributed by atoms with van der Waals surface area (Å²) in [5, 5.41) is 3.30. The third-order valence-corrected chi connectivity index (χ3v) is 3.97. The van der Waals surface area contributed by atoms with Crippen molar-refractivity contribution >= 4 is 5.69 Å². The molecule has 1 N–H and O–H groups in total. The molecule has 2 nitrogen and oxygen atoms in total. The normalized spacial score (nSPS) is 19.1. The molecule has 1 unspecified atom stereocenters. The van der Waals surface area contributed by atoms with Gasteiger partial charge >= 0.3 is 0 Å². The fourth-order valence-electron chi connectivity index (χ4n) is 2.71. The Balaban J connectivity index is 1.99. The van der Waals surface area contributed by atoms with E-state index in [0.717, 1.165) is 49.8 Å². The number of halogens is 1. The number of hydrogen-bond donors (Lipinski definition) is 1. The molecule has 106 valence electrons. The van der Waals surface area contributed by atoms with Crippen LogP contribution in [0.2, 0.25) is 0 Å². The van der Waals surface area contributed by atoms with E-state index in [1.54, 1.807) is 6.07 Å². The summed E-state index contributed by atoms with van der Waals surface area (Å²) in [6, 6.07) is 5.66. The zero-order valence-corrected chi connectivity index (χ0v) is 12.1. The highest BCUT2D eigenvalue weighted by atomic mass is 19.1. The first-order valence-corrected chi connectivity index (χ1v) is 7.48. The second kappa shape index (κ2) is 6.90. The molecular formula is C16H25FN2. The predicted molar refractivity (Wildman–Crippen MR) is 79.0 cm³/mol. The molecule has 2 rings (SSSR count). The molecular weight excluding hydrogens is 239 g/mol. The Morgan fingerprint density at radius 2 is 2.21 bits per heavy atom. The molecule has 1 heterocycles. The highest BCUT2D eigenvalue weighted by Crippen LogP contribution is 2.28. The summed E-state index contributed by atoms with van der Waals surface area (Å²) in [4.78, 5) is 2.19. The van der Waals surface area contributed by atoms with E-state index in [2.05, 4.69) is 24.1 Å². The third kappa shape index (κ3) is 3.69. The van der Waals surface area contributed by atoms with Crippen LogP contribution in [0.3, 0.4) is 0 Å². The zero-order chi connectivity index (χ0) is 13.7. The van der Waals surface area contributed by atoms with Gasteiger partial charge in [-0.25, -0.2) is 4.39 Å². The number of rotatable bonds is 6. The van der Waals surface area contributed by atoms with Crippen LogP contribution in [0.5, 0.6) is 0 Å². The summed E-state index contributed by atoms with van der Waals surface area (Å²) < 4.78 is 14.2. The lowest BCUT2D eigenvalue weighted by Crippen LogP contribution is -2.21. The largest absolute Gasteiger partial charge is 0.369 e. The van der Waals surface area contributed by atoms with Crippen LogP contribution in [-0.4, -0.2) is 19.6 Å². The Hall–Kier alpha value is -1.09. The van der Waals surface area contributed by atoms with Gasteiger partial charge in [-0.3, -0.25) is 0 Å². The first-order valence-electron chi connectivity index (χ1n) is 7.48. The molecule has 1 aromatic rings. The molecule has 3 heteroatoms. The van der Waals surface area contributed by atoms with Crippen LogP contribution in [0.1, 0.15) is 38.7 Å². The van der Waals surface area contributed by atoms with Gasteiger partial charge in [0.05, 0.1) is 5.69 Å². The van der Waals surface area contributed by atoms with Crippen molar-refractivity contribution in [1.29, 1.82) is 0 Å². The maximum Gasteiger partial charge on any atom is 0.146 e. The molecule has 1 atom stereocenters. The number of benzene rings is 1. The van der Waals surface area contributed by atoms with Crippen molar-refractivity contribution in [2.75, 3.05) is 24.5 Å². The van der Waals surface area contributed by atoms with Crippen LogP contribution in [0.15, 0.2) is 18.2 Å². The maximum atomic E-state index is 14.2. The average molecular weight is 264 g/mol. The van der Waals surface area contributed by atoms with E-state index in [1.807, 2.05) is 12.1 Å². The SMILES string of the molecule is CCCNCc1ccc(N2CCC(CC)C2)c(F)c1. The van der Waals surface area contributed by atoms with Crippen LogP contribution in [0.4, 0.5) is 10.1 Å². The van der Waals surface area contributed by atoms with E-state index in [9.17, 15) is 4.39 Å². The maximum absolute atomic E-state index is 14.2. The first-order chi connectivity index (χ1) is 9.24. The predicted octanol–water partition coefficient (Wildman–Crippen LogP) is 3.56. The standard InChI is InChI=1S/C16H25FN2/c1-3-8-18-11-14-5-6-16(15(17)10-14)19-9-7-13(4-2)12-19/h5-6,10,13,18H,3-4,7-9,11-12H2,1-2H3. The fraction of sp³-hybridized carbons (Fsp3) is 0.625. The van der Waals surface area contributed by atoms with Crippen molar-refractivity contribution in [2.24, 2.45) is 5.92 Å². The lowest BCUT2D eigenvalue weighted by molar-refractivity contribution is 0.566. The van der Waals surface area contributed by atoms with E-state index in [1.165, 1.54) is 12.8 Å². The van der Waals surface area contributed by atoms with Gasteiger partial charge in [-0.15, -0.1) is 0 Å². The van der Waals surface area contributed by atoms with Gasteiger partial charge in [0.25, 0.3) is 0 Å². The topological polar surface area (TPSA) is 15.3 Å². The van der Waals surface area contributed by atoms with E-state index in [-0.39, 0.29) is 5.82 Å². The fourth-order valence-corrected chi connectivity index (χ4v) is 2.71. The lowest BCUT2D eigenvalue weighted by Gasteiger charge is -2.19. The van der Waals surface area contributed by atoms with Gasteiger partial charge < -0.3 is 10.2 Å². The van der Waals surface area contributed by atoms with Crippen molar-refractivity contribution in [3.8, 4) is 0 Å². The van der Waals surface area contributed by atoms with Crippen LogP contribution in [0, 0.1) is 11.7 Å². The van der Waals surface area contributed by atoms with Crippen molar-refractivity contribution in [2.45, 2.75) is 39.7 Å². The third-order valence-electron chi connectivity index (χ3n) is 3.97. The minimum atomic E-state index is -0.0763. The summed E-state index contributed by atoms with van der Waals surface area (Å²) in [7, 11) is 0. The van der Waals surface area contributed by atoms with Crippen molar-refractivity contribution < 1.29 is 4.39 Å². The summed E-state index contributed by atoms with van der Waals surface area (Å²) in [5.41, 5.74) is 1.80. The summed E-state index contributed by atoms with van der Waals surface area (Å²) in [5.74, 6) is 0.651. The number of nitrogens with zero attached hydrogens (tertiary/aromatic N) is 1. The highest BCUT2D eigenvalue weighted by molar-refractivity contribution is 5.50. The molecule has 1 saturated heterocycles. The zero-order valence-electron chi connectivity index (χ0n) is 12.1. The van der Waals surface area contributed by atoms with E-state index in [4.69, 9.17) is 0 Å². The Morgan fingerprint density at radius 1 is 1.37 bits per heavy atom. The Kier molecular flexibility index (Phi) is 5.20. The molecule has 0 amide bonds. The Morgan fingerprint density at radius 3 is 2.84 bits per heavy atom. The molecule has 0 aliphatic carbocycles. The van der Waals surface area contributed by atoms with Crippen LogP contribution >= 0.6 is 0 Å². The van der Waals surface area contributed by atoms with Crippen molar-refractivity contribution in [3.05, 3.63) is 29.6 Å². The summed E-state index contributed by atoms with van der Waals surface area (Å²) in [6.07, 6.45) is 3.49. The number of hydrogen-bond acceptors (Lipinski definition) is 2. The molecule has 1 aliphatic rings. The van der Waals surface area contributed by atoms with Gasteiger partial charge in [0.1, 0.15) is 5.82 Å². The molecule has 1 aromatic carbocycles. The monoisotopic (exact) mass is 264 g/mol. The van der Waals surface area contributed by atoms with Crippen LogP contribution in [-0.2, 0) is 6.54 Å². The molecule has 0 radical (unpaired) electrons. The summed E-state index contributed by atoms with van der Waals surface area (Å²) in [6.45, 7) is 8.07. The highest BCUT2D eigenvalue weighted by Gasteiger charge is 2.23. The van der Waals surface area contributed by atoms with Gasteiger partial charge in [0.15, 0.2) is 0 Å². The van der Waals surface area contributed by atoms with Gasteiger partial charge in [-0.05, 0) is 43.0 Å². The van der Waals surface area contributed by atoms with Gasteiger partial charge in [0, 0.05) is 19.6 Å². The van der Waals surface area contributed by atoms with E-state index >= 15 is 0 Å². The molecule has 19 heavy (non-hydrogen) atoms. The Bertz CT molecular complexity index is 406. The van der Waals surface area contributed by atoms with Crippen molar-refractivity contribution in [1.82, 2.24) is 5.32 Å². The second-order valence-corrected chi connectivity index (χ2v) is 5.47. The van der Waals surface area contributed by atoms with E-state index in [0.29, 0.717) is 0 Å². The minimum Gasteiger partial charge on any atom is -0.369 e. The molecule has 0 aromatic heterocycles. The molecule has 1 fully saturated rings. The van der Waals surface area contributed by atoms with Gasteiger partial charge in [-0.1, -0.05) is 26.3 Å². The quantitative estimate of drug-likeness (QED) is 0.790. The van der Waals surface area contributed by atoms with E-state index < -0.39 is 0 Å². The number of anilines is 1. The molecule has 0 bridgehead atoms. The summed E-state index contributed by atoms with van der Waals surface area (Å²) >= 11 is 0. The number of nitrogens with one attached hydrogen (secondary N) is 1. The van der Waals surface area contributed by atoms with Gasteiger partial charge in [0.2, 0.25) is 0 Å². The Labute approximate surface area is 116 Å². The molecule has 0 spiro atoms. The lowest BCUT2D eigenvalue weighted by atomic mass is 10.1. The minimum absolute atomic E-state index is 0.0763. The van der Waals surface area contributed by atoms with Gasteiger partial charge in [-0.2, -0.15) is 0 Å². The van der Waals surface area contributed by atoms with Crippen LogP contribution in [0.25, 0.3) is 0 Å². The molecule has 1 aliphatic heterocycles. The second-order valence-electron chi connectivity index (χ2n) is 5.47. The van der Waals surface area contributed by atoms with Crippen LogP contribution < -0.4 is 10.2 Å². The average Bonchev–Trinajstić information content (AvgIpc) is 2.88. The van der Waals surface area contributed by atoms with Crippen molar-refractivity contribution in [3.63, 3.8) is 0 Å². The smallest absolute Gasteiger partial charge is 0.146 e. The molecule has 0 saturated carbocycles. The first kappa shape index (κ1) is 14.3.